The summed E-state index contributed by atoms with van der Waals surface area (Å²) in [5.41, 5.74) is -1.01. The molecule has 1 fully saturated rings. The van der Waals surface area contributed by atoms with Crippen molar-refractivity contribution in [3.05, 3.63) is 24.3 Å². The first-order valence-electron chi connectivity index (χ1n) is 8.24. The van der Waals surface area contributed by atoms with Crippen LogP contribution in [0.3, 0.4) is 0 Å². The fourth-order valence-electron chi connectivity index (χ4n) is 3.12. The maximum atomic E-state index is 12.8. The summed E-state index contributed by atoms with van der Waals surface area (Å²) in [4.78, 5) is 27.1. The van der Waals surface area contributed by atoms with Gasteiger partial charge in [-0.15, -0.1) is 11.8 Å². The summed E-state index contributed by atoms with van der Waals surface area (Å²) in [6.45, 7) is 2.75. The molecule has 2 rings (SSSR count). The van der Waals surface area contributed by atoms with E-state index >= 15 is 0 Å². The number of amides is 1. The van der Waals surface area contributed by atoms with E-state index in [9.17, 15) is 14.7 Å². The Kier molecular flexibility index (Phi) is 6.72. The highest BCUT2D eigenvalue weighted by Crippen LogP contribution is 2.33. The van der Waals surface area contributed by atoms with Gasteiger partial charge in [0.2, 0.25) is 5.91 Å². The molecule has 0 spiro atoms. The summed E-state index contributed by atoms with van der Waals surface area (Å²) < 4.78 is 10.2. The number of carbonyl (C=O) groups is 2. The largest absolute Gasteiger partial charge is 0.497 e. The van der Waals surface area contributed by atoms with Gasteiger partial charge in [-0.1, -0.05) is 0 Å². The molecular weight excluding hydrogens is 342 g/mol. The Morgan fingerprint density at radius 3 is 2.56 bits per heavy atom. The monoisotopic (exact) mass is 367 g/mol. The van der Waals surface area contributed by atoms with E-state index in [0.29, 0.717) is 19.4 Å². The predicted octanol–water partition coefficient (Wildman–Crippen LogP) is 2.52. The Hall–Kier alpha value is -1.73. The molecule has 2 atom stereocenters. The van der Waals surface area contributed by atoms with Crippen LogP contribution in [0.1, 0.15) is 19.8 Å². The van der Waals surface area contributed by atoms with Crippen molar-refractivity contribution < 1.29 is 24.2 Å². The molecule has 1 heterocycles. The number of rotatable bonds is 7. The van der Waals surface area contributed by atoms with Crippen LogP contribution >= 0.6 is 11.8 Å². The second-order valence-corrected chi connectivity index (χ2v) is 7.73. The summed E-state index contributed by atoms with van der Waals surface area (Å²) >= 11 is 1.46. The van der Waals surface area contributed by atoms with Crippen molar-refractivity contribution >= 4 is 23.6 Å². The number of nitrogens with zero attached hydrogens (tertiary/aromatic N) is 1. The quantitative estimate of drug-likeness (QED) is 0.747. The molecule has 0 radical (unpaired) electrons. The zero-order chi connectivity index (χ0) is 18.4. The lowest BCUT2D eigenvalue weighted by atomic mass is 9.80. The van der Waals surface area contributed by atoms with E-state index in [1.807, 2.05) is 31.2 Å². The molecule has 1 aliphatic heterocycles. The molecule has 1 aliphatic rings. The van der Waals surface area contributed by atoms with Gasteiger partial charge in [0, 0.05) is 25.1 Å². The van der Waals surface area contributed by atoms with E-state index in [4.69, 9.17) is 9.47 Å². The molecule has 6 nitrogen and oxygen atoms in total. The average molecular weight is 367 g/mol. The molecule has 1 aromatic carbocycles. The van der Waals surface area contributed by atoms with Crippen LogP contribution in [-0.4, -0.2) is 61.0 Å². The van der Waals surface area contributed by atoms with Crippen LogP contribution < -0.4 is 4.74 Å². The van der Waals surface area contributed by atoms with Gasteiger partial charge in [0.25, 0.3) is 0 Å². The minimum absolute atomic E-state index is 0.0396. The Balaban J connectivity index is 2.03. The molecule has 2 unspecified atom stereocenters. The first kappa shape index (κ1) is 19.6. The topological polar surface area (TPSA) is 76.1 Å². The third kappa shape index (κ3) is 4.67. The van der Waals surface area contributed by atoms with Gasteiger partial charge < -0.3 is 19.5 Å². The van der Waals surface area contributed by atoms with Crippen LogP contribution in [-0.2, 0) is 14.3 Å². The van der Waals surface area contributed by atoms with Crippen LogP contribution in [0.25, 0.3) is 0 Å². The summed E-state index contributed by atoms with van der Waals surface area (Å²) in [7, 11) is 3.10. The number of hydrogen-bond acceptors (Lipinski definition) is 5. The minimum Gasteiger partial charge on any atom is -0.497 e. The highest BCUT2D eigenvalue weighted by Gasteiger charge is 2.44. The third-order valence-corrected chi connectivity index (χ3v) is 5.58. The fourth-order valence-corrected chi connectivity index (χ4v) is 4.07. The third-order valence-electron chi connectivity index (χ3n) is 4.48. The molecule has 138 valence electrons. The van der Waals surface area contributed by atoms with Crippen molar-refractivity contribution in [3.8, 4) is 5.75 Å². The van der Waals surface area contributed by atoms with Gasteiger partial charge in [-0.05, 0) is 44.0 Å². The maximum Gasteiger partial charge on any atom is 0.313 e. The summed E-state index contributed by atoms with van der Waals surface area (Å²) in [5.74, 6) is -0.172. The number of aliphatic carboxylic acids is 1. The zero-order valence-corrected chi connectivity index (χ0v) is 15.7. The van der Waals surface area contributed by atoms with Crippen LogP contribution in [0.2, 0.25) is 0 Å². The van der Waals surface area contributed by atoms with Gasteiger partial charge in [-0.2, -0.15) is 0 Å². The Morgan fingerprint density at radius 2 is 2.00 bits per heavy atom. The highest BCUT2D eigenvalue weighted by molar-refractivity contribution is 8.00. The van der Waals surface area contributed by atoms with Crippen LogP contribution in [0.4, 0.5) is 0 Å². The molecule has 0 bridgehead atoms. The first-order chi connectivity index (χ1) is 11.9. The van der Waals surface area contributed by atoms with Crippen molar-refractivity contribution in [1.82, 2.24) is 4.90 Å². The van der Waals surface area contributed by atoms with Gasteiger partial charge in [0.1, 0.15) is 11.2 Å². The molecule has 7 heteroatoms. The fraction of sp³-hybridized carbons (Fsp3) is 0.556. The SMILES string of the molecule is COCC1(C(=O)O)CCCN(C(=O)C(C)Sc2ccc(OC)cc2)C1. The van der Waals surface area contributed by atoms with Crippen molar-refractivity contribution in [2.45, 2.75) is 29.9 Å². The number of carboxylic acids is 1. The lowest BCUT2D eigenvalue weighted by Crippen LogP contribution is -2.53. The Bertz CT molecular complexity index is 602. The van der Waals surface area contributed by atoms with Gasteiger partial charge >= 0.3 is 5.97 Å². The molecule has 0 aromatic heterocycles. The van der Waals surface area contributed by atoms with E-state index in [-0.39, 0.29) is 24.3 Å². The number of carboxylic acid groups (broad SMARTS) is 1. The number of likely N-dealkylation sites (tertiary alicyclic amines) is 1. The standard InChI is InChI=1S/C18H25NO5S/c1-13(25-15-7-5-14(24-3)6-8-15)16(20)19-10-4-9-18(11-19,12-23-2)17(21)22/h5-8,13H,4,9-12H2,1-3H3,(H,21,22). The second kappa shape index (κ2) is 8.58. The summed E-state index contributed by atoms with van der Waals surface area (Å²) in [6, 6.07) is 7.54. The molecule has 1 aromatic rings. The number of methoxy groups -OCH3 is 2. The van der Waals surface area contributed by atoms with Gasteiger partial charge in [-0.25, -0.2) is 0 Å². The highest BCUT2D eigenvalue weighted by atomic mass is 32.2. The minimum atomic E-state index is -1.01. The Labute approximate surface area is 152 Å². The molecule has 1 saturated heterocycles. The molecule has 1 N–H and O–H groups in total. The zero-order valence-electron chi connectivity index (χ0n) is 14.9. The number of hydrogen-bond donors (Lipinski definition) is 1. The molecular formula is C18H25NO5S. The predicted molar refractivity (Wildman–Crippen MR) is 96.1 cm³/mol. The van der Waals surface area contributed by atoms with Gasteiger partial charge in [0.05, 0.1) is 19.0 Å². The van der Waals surface area contributed by atoms with E-state index in [2.05, 4.69) is 0 Å². The van der Waals surface area contributed by atoms with Crippen molar-refractivity contribution in [1.29, 1.82) is 0 Å². The van der Waals surface area contributed by atoms with E-state index < -0.39 is 11.4 Å². The molecule has 1 amide bonds. The van der Waals surface area contributed by atoms with Crippen LogP contribution in [0, 0.1) is 5.41 Å². The normalized spacial score (nSPS) is 21.6. The van der Waals surface area contributed by atoms with Crippen molar-refractivity contribution in [3.63, 3.8) is 0 Å². The smallest absolute Gasteiger partial charge is 0.313 e. The molecule has 0 saturated carbocycles. The van der Waals surface area contributed by atoms with Crippen LogP contribution in [0.5, 0.6) is 5.75 Å². The number of thioether (sulfide) groups is 1. The average Bonchev–Trinajstić information content (AvgIpc) is 2.62. The van der Waals surface area contributed by atoms with E-state index in [1.165, 1.54) is 18.9 Å². The maximum absolute atomic E-state index is 12.8. The lowest BCUT2D eigenvalue weighted by Gasteiger charge is -2.40. The van der Waals surface area contributed by atoms with E-state index in [1.54, 1.807) is 12.0 Å². The number of ether oxygens (including phenoxy) is 2. The summed E-state index contributed by atoms with van der Waals surface area (Å²) in [5, 5.41) is 9.32. The number of piperidine rings is 1. The molecule has 25 heavy (non-hydrogen) atoms. The lowest BCUT2D eigenvalue weighted by molar-refractivity contribution is -0.159. The van der Waals surface area contributed by atoms with Gasteiger partial charge in [0.15, 0.2) is 0 Å². The molecule has 0 aliphatic carbocycles. The number of carbonyl (C=O) groups excluding carboxylic acids is 1. The van der Waals surface area contributed by atoms with Crippen molar-refractivity contribution in [2.24, 2.45) is 5.41 Å². The van der Waals surface area contributed by atoms with Crippen molar-refractivity contribution in [2.75, 3.05) is 33.9 Å². The van der Waals surface area contributed by atoms with Gasteiger partial charge in [-0.3, -0.25) is 9.59 Å². The second-order valence-electron chi connectivity index (χ2n) is 6.32. The Morgan fingerprint density at radius 1 is 1.32 bits per heavy atom. The first-order valence-corrected chi connectivity index (χ1v) is 9.11. The summed E-state index contributed by atoms with van der Waals surface area (Å²) in [6.07, 6.45) is 1.20. The number of benzene rings is 1. The van der Waals surface area contributed by atoms with Crippen LogP contribution in [0.15, 0.2) is 29.2 Å². The van der Waals surface area contributed by atoms with E-state index in [0.717, 1.165) is 10.6 Å².